The van der Waals surface area contributed by atoms with E-state index >= 15 is 0 Å². The Morgan fingerprint density at radius 3 is 2.59 bits per heavy atom. The summed E-state index contributed by atoms with van der Waals surface area (Å²) >= 11 is 0. The molecule has 2 N–H and O–H groups in total. The molecule has 7 heteroatoms. The van der Waals surface area contributed by atoms with Crippen LogP contribution in [0.4, 0.5) is 0 Å². The van der Waals surface area contributed by atoms with Crippen molar-refractivity contribution in [1.82, 2.24) is 19.7 Å². The lowest BCUT2D eigenvalue weighted by atomic mass is 10.4. The lowest BCUT2D eigenvalue weighted by Crippen LogP contribution is -2.35. The summed E-state index contributed by atoms with van der Waals surface area (Å²) in [5.74, 6) is 0. The van der Waals surface area contributed by atoms with E-state index in [4.69, 9.17) is 0 Å². The second kappa shape index (κ2) is 5.63. The number of aromatic nitrogens is 1. The summed E-state index contributed by atoms with van der Waals surface area (Å²) in [5.41, 5.74) is 0.936. The molecule has 17 heavy (non-hydrogen) atoms. The van der Waals surface area contributed by atoms with E-state index in [2.05, 4.69) is 10.1 Å². The number of hydrogen-bond donors (Lipinski definition) is 2. The van der Waals surface area contributed by atoms with Gasteiger partial charge in [0.2, 0.25) is 0 Å². The lowest BCUT2D eigenvalue weighted by Gasteiger charge is -2.10. The maximum Gasteiger partial charge on any atom is 0.254 e. The molecule has 6 nitrogen and oxygen atoms in total. The molecule has 0 aliphatic heterocycles. The van der Waals surface area contributed by atoms with Crippen LogP contribution in [0.2, 0.25) is 0 Å². The van der Waals surface area contributed by atoms with E-state index in [9.17, 15) is 8.42 Å². The van der Waals surface area contributed by atoms with Crippen LogP contribution in [0.15, 0.2) is 17.2 Å². The van der Waals surface area contributed by atoms with Gasteiger partial charge in [0.25, 0.3) is 10.0 Å². The van der Waals surface area contributed by atoms with Crippen LogP contribution in [0.1, 0.15) is 12.6 Å². The van der Waals surface area contributed by atoms with Gasteiger partial charge in [-0.05, 0) is 12.6 Å². The number of sulfonamides is 1. The zero-order valence-corrected chi connectivity index (χ0v) is 11.5. The van der Waals surface area contributed by atoms with Gasteiger partial charge in [-0.25, -0.2) is 13.4 Å². The molecule has 0 spiro atoms. The van der Waals surface area contributed by atoms with Crippen LogP contribution < -0.4 is 10.1 Å². The quantitative estimate of drug-likeness (QED) is 0.700. The number of aryl methyl sites for hydroxylation is 1. The van der Waals surface area contributed by atoms with E-state index < -0.39 is 10.0 Å². The molecule has 0 unspecified atom stereocenters. The Bertz CT molecular complexity index is 465. The summed E-state index contributed by atoms with van der Waals surface area (Å²) in [6.45, 7) is 3.52. The molecular weight excluding hydrogens is 240 g/mol. The van der Waals surface area contributed by atoms with Gasteiger partial charge in [0.05, 0.1) is 0 Å². The van der Waals surface area contributed by atoms with Crippen molar-refractivity contribution >= 4 is 10.0 Å². The molecule has 1 aromatic rings. The molecule has 1 heterocycles. The molecule has 0 fully saturated rings. The maximum atomic E-state index is 11.9. The summed E-state index contributed by atoms with van der Waals surface area (Å²) in [6.07, 6.45) is 1.61. The molecule has 0 atom stereocenters. The average molecular weight is 260 g/mol. The highest BCUT2D eigenvalue weighted by Crippen LogP contribution is 2.13. The molecular formula is C10H20N4O2S. The lowest BCUT2D eigenvalue weighted by molar-refractivity contribution is 0.364. The largest absolute Gasteiger partial charge is 0.352 e. The van der Waals surface area contributed by atoms with E-state index in [-0.39, 0.29) is 4.90 Å². The van der Waals surface area contributed by atoms with Crippen molar-refractivity contribution in [2.24, 2.45) is 7.05 Å². The van der Waals surface area contributed by atoms with Crippen molar-refractivity contribution in [3.8, 4) is 0 Å². The Labute approximate surface area is 103 Å². The highest BCUT2D eigenvalue weighted by molar-refractivity contribution is 7.89. The van der Waals surface area contributed by atoms with Crippen molar-refractivity contribution in [1.29, 1.82) is 0 Å². The standard InChI is InChI=1S/C10H20N4O2S/c1-5-11-7-9-6-10(8-14(9)4)17(15,16)12-13(2)3/h6,8,11-12H,5,7H2,1-4H3. The number of hydrogen-bond acceptors (Lipinski definition) is 4. The smallest absolute Gasteiger partial charge is 0.254 e. The number of nitrogens with zero attached hydrogens (tertiary/aromatic N) is 2. The molecule has 0 saturated carbocycles. The third-order valence-electron chi connectivity index (χ3n) is 2.25. The summed E-state index contributed by atoms with van der Waals surface area (Å²) < 4.78 is 25.6. The van der Waals surface area contributed by atoms with Gasteiger partial charge in [0.15, 0.2) is 0 Å². The predicted molar refractivity (Wildman–Crippen MR) is 66.8 cm³/mol. The molecule has 0 aliphatic rings. The predicted octanol–water partition coefficient (Wildman–Crippen LogP) is -0.110. The normalized spacial score (nSPS) is 12.3. The van der Waals surface area contributed by atoms with Crippen molar-refractivity contribution in [3.05, 3.63) is 18.0 Å². The van der Waals surface area contributed by atoms with Crippen LogP contribution >= 0.6 is 0 Å². The van der Waals surface area contributed by atoms with Gasteiger partial charge in [-0.1, -0.05) is 6.92 Å². The molecule has 1 aromatic heterocycles. The summed E-state index contributed by atoms with van der Waals surface area (Å²) in [4.78, 5) is 2.68. The van der Waals surface area contributed by atoms with Gasteiger partial charge in [-0.2, -0.15) is 0 Å². The van der Waals surface area contributed by atoms with Crippen LogP contribution in [0, 0.1) is 0 Å². The van der Waals surface area contributed by atoms with Gasteiger partial charge < -0.3 is 9.88 Å². The van der Waals surface area contributed by atoms with Gasteiger partial charge in [0.1, 0.15) is 4.90 Å². The van der Waals surface area contributed by atoms with Crippen LogP contribution in [-0.2, 0) is 23.6 Å². The Hall–Kier alpha value is -0.890. The number of hydrazine groups is 1. The first-order valence-corrected chi connectivity index (χ1v) is 6.91. The van der Waals surface area contributed by atoms with E-state index in [1.54, 1.807) is 26.4 Å². The van der Waals surface area contributed by atoms with E-state index in [0.717, 1.165) is 12.2 Å². The minimum absolute atomic E-state index is 0.279. The summed E-state index contributed by atoms with van der Waals surface area (Å²) in [5, 5.41) is 4.57. The summed E-state index contributed by atoms with van der Waals surface area (Å²) in [7, 11) is 1.65. The zero-order chi connectivity index (χ0) is 13.1. The van der Waals surface area contributed by atoms with Crippen molar-refractivity contribution in [2.75, 3.05) is 20.6 Å². The maximum absolute atomic E-state index is 11.9. The Balaban J connectivity index is 2.92. The Morgan fingerprint density at radius 1 is 1.41 bits per heavy atom. The highest BCUT2D eigenvalue weighted by atomic mass is 32.2. The molecule has 0 radical (unpaired) electrons. The van der Waals surface area contributed by atoms with Gasteiger partial charge in [0, 0.05) is 39.6 Å². The molecule has 98 valence electrons. The first kappa shape index (κ1) is 14.2. The third kappa shape index (κ3) is 3.81. The first-order valence-electron chi connectivity index (χ1n) is 5.42. The second-order valence-corrected chi connectivity index (χ2v) is 5.71. The monoisotopic (exact) mass is 260 g/mol. The van der Waals surface area contributed by atoms with Crippen LogP contribution in [0.5, 0.6) is 0 Å². The van der Waals surface area contributed by atoms with Crippen molar-refractivity contribution in [3.63, 3.8) is 0 Å². The molecule has 0 bridgehead atoms. The fourth-order valence-corrected chi connectivity index (χ4v) is 2.62. The number of nitrogens with one attached hydrogen (secondary N) is 2. The second-order valence-electron chi connectivity index (χ2n) is 4.05. The third-order valence-corrected chi connectivity index (χ3v) is 3.70. The van der Waals surface area contributed by atoms with Crippen molar-refractivity contribution in [2.45, 2.75) is 18.4 Å². The van der Waals surface area contributed by atoms with Crippen LogP contribution in [0.25, 0.3) is 0 Å². The Morgan fingerprint density at radius 2 is 2.06 bits per heavy atom. The topological polar surface area (TPSA) is 66.4 Å². The Kier molecular flexibility index (Phi) is 4.70. The molecule has 0 saturated heterocycles. The highest BCUT2D eigenvalue weighted by Gasteiger charge is 2.17. The van der Waals surface area contributed by atoms with Crippen LogP contribution in [0.3, 0.4) is 0 Å². The fraction of sp³-hybridized carbons (Fsp3) is 0.600. The zero-order valence-electron chi connectivity index (χ0n) is 10.7. The van der Waals surface area contributed by atoms with Crippen molar-refractivity contribution < 1.29 is 8.42 Å². The van der Waals surface area contributed by atoms with E-state index in [1.165, 1.54) is 5.01 Å². The van der Waals surface area contributed by atoms with E-state index in [0.29, 0.717) is 6.54 Å². The molecule has 0 aliphatic carbocycles. The summed E-state index contributed by atoms with van der Waals surface area (Å²) in [6, 6.07) is 1.68. The number of rotatable bonds is 6. The first-order chi connectivity index (χ1) is 7.86. The van der Waals surface area contributed by atoms with Crippen LogP contribution in [-0.4, -0.2) is 38.6 Å². The minimum Gasteiger partial charge on any atom is -0.352 e. The molecule has 0 amide bonds. The molecule has 1 rings (SSSR count). The SMILES string of the molecule is CCNCc1cc(S(=O)(=O)NN(C)C)cn1C. The molecule has 0 aromatic carbocycles. The average Bonchev–Trinajstić information content (AvgIpc) is 2.56. The van der Waals surface area contributed by atoms with Gasteiger partial charge >= 0.3 is 0 Å². The fourth-order valence-electron chi connectivity index (χ4n) is 1.45. The van der Waals surface area contributed by atoms with E-state index in [1.807, 2.05) is 18.5 Å². The van der Waals surface area contributed by atoms with Gasteiger partial charge in [-0.3, -0.25) is 0 Å². The minimum atomic E-state index is -3.46. The van der Waals surface area contributed by atoms with Gasteiger partial charge in [-0.15, -0.1) is 4.83 Å².